The Labute approximate surface area is 71.7 Å². The number of esters is 1. The van der Waals surface area contributed by atoms with Crippen LogP contribution < -0.4 is 0 Å². The molecule has 1 saturated heterocycles. The molecule has 0 bridgehead atoms. The van der Waals surface area contributed by atoms with Crippen molar-refractivity contribution in [2.45, 2.75) is 25.9 Å². The van der Waals surface area contributed by atoms with Gasteiger partial charge in [0.25, 0.3) is 0 Å². The molecule has 0 aromatic rings. The molecule has 1 saturated carbocycles. The number of rotatable bonds is 0. The number of cyclic esters (lactones) is 1. The third-order valence-corrected chi connectivity index (χ3v) is 3.16. The average molecular weight is 170 g/mol. The van der Waals surface area contributed by atoms with Gasteiger partial charge in [-0.2, -0.15) is 0 Å². The van der Waals surface area contributed by atoms with Crippen molar-refractivity contribution >= 4 is 5.97 Å². The molecule has 2 aliphatic rings. The monoisotopic (exact) mass is 170 g/mol. The van der Waals surface area contributed by atoms with E-state index in [4.69, 9.17) is 4.74 Å². The molecule has 1 aliphatic heterocycles. The van der Waals surface area contributed by atoms with E-state index in [-0.39, 0.29) is 29.8 Å². The molecule has 68 valence electrons. The number of fused-ring (bicyclic) bond motifs is 1. The predicted octanol–water partition coefficient (Wildman–Crippen LogP) is 0.566. The lowest BCUT2D eigenvalue weighted by Gasteiger charge is -2.25. The Hall–Kier alpha value is -0.570. The van der Waals surface area contributed by atoms with Gasteiger partial charge in [-0.3, -0.25) is 4.79 Å². The van der Waals surface area contributed by atoms with E-state index >= 15 is 0 Å². The molecule has 4 unspecified atom stereocenters. The fourth-order valence-electron chi connectivity index (χ4n) is 2.42. The number of carbonyl (C=O) groups excluding carboxylic acids is 1. The van der Waals surface area contributed by atoms with Crippen LogP contribution in [0.15, 0.2) is 0 Å². The largest absolute Gasteiger partial charge is 0.465 e. The first-order valence-corrected chi connectivity index (χ1v) is 4.55. The summed E-state index contributed by atoms with van der Waals surface area (Å²) in [5.74, 6) is 0.297. The summed E-state index contributed by atoms with van der Waals surface area (Å²) in [6.45, 7) is 2.49. The average Bonchev–Trinajstić information content (AvgIpc) is 2.32. The van der Waals surface area contributed by atoms with Crippen LogP contribution in [0.4, 0.5) is 0 Å². The van der Waals surface area contributed by atoms with Crippen molar-refractivity contribution in [2.24, 2.45) is 17.8 Å². The van der Waals surface area contributed by atoms with Crippen LogP contribution in [-0.2, 0) is 9.53 Å². The van der Waals surface area contributed by atoms with Crippen LogP contribution in [0.3, 0.4) is 0 Å². The van der Waals surface area contributed by atoms with Crippen LogP contribution in [0.25, 0.3) is 0 Å². The number of aliphatic hydroxyl groups excluding tert-OH is 1. The Morgan fingerprint density at radius 3 is 3.00 bits per heavy atom. The van der Waals surface area contributed by atoms with Crippen molar-refractivity contribution in [1.29, 1.82) is 0 Å². The van der Waals surface area contributed by atoms with Crippen molar-refractivity contribution in [1.82, 2.24) is 0 Å². The normalized spacial score (nSPS) is 47.0. The number of carbonyl (C=O) groups is 1. The van der Waals surface area contributed by atoms with E-state index in [0.29, 0.717) is 6.61 Å². The van der Waals surface area contributed by atoms with Gasteiger partial charge in [-0.25, -0.2) is 0 Å². The number of ether oxygens (including phenoxy) is 1. The molecule has 0 aromatic heterocycles. The Bertz CT molecular complexity index is 202. The first-order valence-electron chi connectivity index (χ1n) is 4.55. The van der Waals surface area contributed by atoms with Gasteiger partial charge in [0.2, 0.25) is 0 Å². The molecular formula is C9H14O3. The second kappa shape index (κ2) is 2.73. The summed E-state index contributed by atoms with van der Waals surface area (Å²) in [5, 5.41) is 9.70. The SMILES string of the molecule is CC1CC2C(=O)OCCC2C1O. The minimum atomic E-state index is -0.289. The van der Waals surface area contributed by atoms with Crippen LogP contribution in [0.1, 0.15) is 19.8 Å². The third kappa shape index (κ3) is 1.04. The molecule has 0 radical (unpaired) electrons. The van der Waals surface area contributed by atoms with Gasteiger partial charge in [0.05, 0.1) is 18.6 Å². The second-order valence-corrected chi connectivity index (χ2v) is 3.93. The van der Waals surface area contributed by atoms with Gasteiger partial charge in [-0.05, 0) is 18.8 Å². The highest BCUT2D eigenvalue weighted by molar-refractivity contribution is 5.74. The highest BCUT2D eigenvalue weighted by Gasteiger charge is 2.46. The number of hydrogen-bond acceptors (Lipinski definition) is 3. The summed E-state index contributed by atoms with van der Waals surface area (Å²) in [4.78, 5) is 11.2. The summed E-state index contributed by atoms with van der Waals surface area (Å²) >= 11 is 0. The molecule has 2 fully saturated rings. The highest BCUT2D eigenvalue weighted by Crippen LogP contribution is 2.41. The quantitative estimate of drug-likeness (QED) is 0.540. The van der Waals surface area contributed by atoms with Crippen LogP contribution in [0.5, 0.6) is 0 Å². The van der Waals surface area contributed by atoms with Crippen molar-refractivity contribution in [2.75, 3.05) is 6.61 Å². The standard InChI is InChI=1S/C9H14O3/c1-5-4-7-6(8(5)10)2-3-12-9(7)11/h5-8,10H,2-4H2,1H3. The summed E-state index contributed by atoms with van der Waals surface area (Å²) < 4.78 is 4.94. The smallest absolute Gasteiger partial charge is 0.309 e. The maximum Gasteiger partial charge on any atom is 0.309 e. The van der Waals surface area contributed by atoms with Gasteiger partial charge < -0.3 is 9.84 Å². The lowest BCUT2D eigenvalue weighted by molar-refractivity contribution is -0.156. The van der Waals surface area contributed by atoms with E-state index in [0.717, 1.165) is 12.8 Å². The molecule has 3 heteroatoms. The molecule has 0 spiro atoms. The van der Waals surface area contributed by atoms with Gasteiger partial charge >= 0.3 is 5.97 Å². The van der Waals surface area contributed by atoms with Gasteiger partial charge in [0, 0.05) is 5.92 Å². The van der Waals surface area contributed by atoms with Crippen molar-refractivity contribution < 1.29 is 14.6 Å². The molecular weight excluding hydrogens is 156 g/mol. The van der Waals surface area contributed by atoms with E-state index in [1.165, 1.54) is 0 Å². The van der Waals surface area contributed by atoms with E-state index in [1.54, 1.807) is 0 Å². The Kier molecular flexibility index (Phi) is 1.83. The summed E-state index contributed by atoms with van der Waals surface area (Å²) in [5.41, 5.74) is 0. The molecule has 3 nitrogen and oxygen atoms in total. The number of hydrogen-bond donors (Lipinski definition) is 1. The summed E-state index contributed by atoms with van der Waals surface area (Å²) in [7, 11) is 0. The Balaban J connectivity index is 2.16. The molecule has 1 N–H and O–H groups in total. The highest BCUT2D eigenvalue weighted by atomic mass is 16.5. The molecule has 4 atom stereocenters. The fourth-order valence-corrected chi connectivity index (χ4v) is 2.42. The lowest BCUT2D eigenvalue weighted by atomic mass is 9.90. The van der Waals surface area contributed by atoms with Crippen molar-refractivity contribution in [3.05, 3.63) is 0 Å². The molecule has 12 heavy (non-hydrogen) atoms. The molecule has 1 heterocycles. The zero-order chi connectivity index (χ0) is 8.72. The maximum absolute atomic E-state index is 11.2. The maximum atomic E-state index is 11.2. The van der Waals surface area contributed by atoms with Crippen molar-refractivity contribution in [3.8, 4) is 0 Å². The van der Waals surface area contributed by atoms with Gasteiger partial charge in [0.15, 0.2) is 0 Å². The first-order chi connectivity index (χ1) is 5.70. The molecule has 1 aliphatic carbocycles. The second-order valence-electron chi connectivity index (χ2n) is 3.93. The van der Waals surface area contributed by atoms with Gasteiger partial charge in [-0.1, -0.05) is 6.92 Å². The summed E-state index contributed by atoms with van der Waals surface area (Å²) in [6, 6.07) is 0. The van der Waals surface area contributed by atoms with Crippen LogP contribution >= 0.6 is 0 Å². The summed E-state index contributed by atoms with van der Waals surface area (Å²) in [6.07, 6.45) is 1.34. The van der Waals surface area contributed by atoms with Crippen LogP contribution in [-0.4, -0.2) is 23.8 Å². The van der Waals surface area contributed by atoms with Crippen LogP contribution in [0.2, 0.25) is 0 Å². The van der Waals surface area contributed by atoms with E-state index in [1.807, 2.05) is 6.92 Å². The zero-order valence-electron chi connectivity index (χ0n) is 7.19. The topological polar surface area (TPSA) is 46.5 Å². The predicted molar refractivity (Wildman–Crippen MR) is 42.3 cm³/mol. The van der Waals surface area contributed by atoms with E-state index in [9.17, 15) is 9.90 Å². The van der Waals surface area contributed by atoms with E-state index in [2.05, 4.69) is 0 Å². The van der Waals surface area contributed by atoms with Crippen LogP contribution in [0, 0.1) is 17.8 Å². The molecule has 2 rings (SSSR count). The minimum Gasteiger partial charge on any atom is -0.465 e. The minimum absolute atomic E-state index is 0.0243. The zero-order valence-corrected chi connectivity index (χ0v) is 7.19. The Morgan fingerprint density at radius 1 is 1.58 bits per heavy atom. The van der Waals surface area contributed by atoms with Gasteiger partial charge in [0.1, 0.15) is 0 Å². The third-order valence-electron chi connectivity index (χ3n) is 3.16. The number of aliphatic hydroxyl groups is 1. The lowest BCUT2D eigenvalue weighted by Crippen LogP contribution is -2.33. The molecule has 0 amide bonds. The van der Waals surface area contributed by atoms with Gasteiger partial charge in [-0.15, -0.1) is 0 Å². The Morgan fingerprint density at radius 2 is 2.33 bits per heavy atom. The van der Waals surface area contributed by atoms with Crippen molar-refractivity contribution in [3.63, 3.8) is 0 Å². The molecule has 0 aromatic carbocycles. The first kappa shape index (κ1) is 8.05. The van der Waals surface area contributed by atoms with E-state index < -0.39 is 0 Å². The fraction of sp³-hybridized carbons (Fsp3) is 0.889.